The van der Waals surface area contributed by atoms with Crippen LogP contribution in [0.5, 0.6) is 5.75 Å². The van der Waals surface area contributed by atoms with Gasteiger partial charge in [-0.25, -0.2) is 8.42 Å². The molecule has 0 radical (unpaired) electrons. The van der Waals surface area contributed by atoms with Gasteiger partial charge in [-0.05, 0) is 31.0 Å². The molecule has 2 rings (SSSR count). The first-order chi connectivity index (χ1) is 9.95. The summed E-state index contributed by atoms with van der Waals surface area (Å²) in [6.45, 7) is 2.05. The number of hydrogen-bond donors (Lipinski definition) is 1. The molecule has 1 fully saturated rings. The van der Waals surface area contributed by atoms with Gasteiger partial charge in [-0.15, -0.1) is 0 Å². The van der Waals surface area contributed by atoms with Gasteiger partial charge >= 0.3 is 0 Å². The van der Waals surface area contributed by atoms with Crippen molar-refractivity contribution in [2.45, 2.75) is 24.7 Å². The monoisotopic (exact) mass is 314 g/mol. The van der Waals surface area contributed by atoms with Gasteiger partial charge in [0.15, 0.2) is 0 Å². The Morgan fingerprint density at radius 3 is 2.71 bits per heavy atom. The first kappa shape index (κ1) is 15.7. The van der Waals surface area contributed by atoms with Crippen LogP contribution in [0.15, 0.2) is 23.1 Å². The molecule has 116 valence electrons. The minimum absolute atomic E-state index is 0.0500. The molecule has 7 nitrogen and oxygen atoms in total. The first-order valence-corrected chi connectivity index (χ1v) is 8.00. The van der Waals surface area contributed by atoms with Crippen LogP contribution < -0.4 is 10.1 Å². The van der Waals surface area contributed by atoms with Gasteiger partial charge in [0.1, 0.15) is 5.75 Å². The second-order valence-electron chi connectivity index (χ2n) is 4.62. The van der Waals surface area contributed by atoms with Crippen LogP contribution in [0, 0.1) is 0 Å². The van der Waals surface area contributed by atoms with Crippen molar-refractivity contribution in [2.24, 2.45) is 0 Å². The number of nitrogens with zero attached hydrogens (tertiary/aromatic N) is 1. The van der Waals surface area contributed by atoms with E-state index in [2.05, 4.69) is 5.32 Å². The Hall–Kier alpha value is -1.64. The number of ether oxygens (including phenoxy) is 1. The van der Waals surface area contributed by atoms with E-state index in [0.717, 1.165) is 17.3 Å². The highest BCUT2D eigenvalue weighted by Crippen LogP contribution is 2.29. The number of rotatable bonds is 4. The molecule has 1 aliphatic heterocycles. The van der Waals surface area contributed by atoms with Gasteiger partial charge in [0.05, 0.1) is 24.3 Å². The van der Waals surface area contributed by atoms with E-state index >= 15 is 0 Å². The Balaban J connectivity index is 2.36. The Kier molecular flexibility index (Phi) is 4.81. The van der Waals surface area contributed by atoms with Crippen LogP contribution >= 0.6 is 0 Å². The molecule has 1 N–H and O–H groups in total. The topological polar surface area (TPSA) is 84.9 Å². The molecule has 0 unspecified atom stereocenters. The Bertz CT molecular complexity index is 623. The maximum Gasteiger partial charge on any atom is 0.265 e. The van der Waals surface area contributed by atoms with E-state index in [4.69, 9.17) is 9.57 Å². The number of hydrogen-bond acceptors (Lipinski definition) is 5. The zero-order valence-corrected chi connectivity index (χ0v) is 12.8. The summed E-state index contributed by atoms with van der Waals surface area (Å²) >= 11 is 0. The summed E-state index contributed by atoms with van der Waals surface area (Å²) in [4.78, 5) is 16.4. The second kappa shape index (κ2) is 6.42. The third kappa shape index (κ3) is 3.52. The molecule has 1 saturated heterocycles. The minimum atomic E-state index is -3.74. The average molecular weight is 314 g/mol. The molecule has 1 heterocycles. The van der Waals surface area contributed by atoms with Crippen LogP contribution in [0.4, 0.5) is 5.69 Å². The van der Waals surface area contributed by atoms with Gasteiger partial charge in [0, 0.05) is 13.5 Å². The van der Waals surface area contributed by atoms with E-state index in [0.29, 0.717) is 24.6 Å². The van der Waals surface area contributed by atoms with Gasteiger partial charge in [-0.3, -0.25) is 9.63 Å². The molecule has 21 heavy (non-hydrogen) atoms. The third-order valence-electron chi connectivity index (χ3n) is 3.02. The van der Waals surface area contributed by atoms with E-state index in [1.54, 1.807) is 0 Å². The van der Waals surface area contributed by atoms with E-state index < -0.39 is 10.0 Å². The molecule has 0 bridgehead atoms. The largest absolute Gasteiger partial charge is 0.495 e. The van der Waals surface area contributed by atoms with E-state index in [1.165, 1.54) is 32.2 Å². The number of anilines is 1. The maximum absolute atomic E-state index is 12.5. The zero-order valence-electron chi connectivity index (χ0n) is 12.0. The third-order valence-corrected chi connectivity index (χ3v) is 4.69. The number of methoxy groups -OCH3 is 1. The Labute approximate surface area is 123 Å². The zero-order chi connectivity index (χ0) is 15.5. The van der Waals surface area contributed by atoms with Crippen LogP contribution in [0.1, 0.15) is 19.8 Å². The number of amides is 1. The van der Waals surface area contributed by atoms with Gasteiger partial charge in [-0.1, -0.05) is 4.47 Å². The highest BCUT2D eigenvalue weighted by Gasteiger charge is 2.28. The average Bonchev–Trinajstić information content (AvgIpc) is 2.47. The molecule has 8 heteroatoms. The summed E-state index contributed by atoms with van der Waals surface area (Å²) in [6, 6.07) is 4.30. The van der Waals surface area contributed by atoms with Crippen molar-refractivity contribution in [2.75, 3.05) is 25.6 Å². The molecule has 0 aromatic heterocycles. The number of nitrogens with one attached hydrogen (secondary N) is 1. The van der Waals surface area contributed by atoms with Crippen LogP contribution in [0.3, 0.4) is 0 Å². The van der Waals surface area contributed by atoms with Crippen LogP contribution in [-0.4, -0.2) is 39.1 Å². The van der Waals surface area contributed by atoms with Gasteiger partial charge in [0.2, 0.25) is 5.91 Å². The van der Waals surface area contributed by atoms with Crippen LogP contribution in [0.2, 0.25) is 0 Å². The molecule has 1 aromatic carbocycles. The number of sulfonamides is 1. The minimum Gasteiger partial charge on any atom is -0.495 e. The van der Waals surface area contributed by atoms with Crippen LogP contribution in [0.25, 0.3) is 0 Å². The molecule has 1 aliphatic rings. The SMILES string of the molecule is COc1ccc(S(=O)(=O)N2CCCCO2)cc1NC(C)=O. The molecule has 0 saturated carbocycles. The molecule has 0 aliphatic carbocycles. The van der Waals surface area contributed by atoms with E-state index in [9.17, 15) is 13.2 Å². The molecule has 0 spiro atoms. The number of carbonyl (C=O) groups excluding carboxylic acids is 1. The molecular weight excluding hydrogens is 296 g/mol. The predicted molar refractivity (Wildman–Crippen MR) is 76.4 cm³/mol. The standard InChI is InChI=1S/C13H18N2O5S/c1-10(16)14-12-9-11(5-6-13(12)19-2)21(17,18)15-7-3-4-8-20-15/h5-6,9H,3-4,7-8H2,1-2H3,(H,14,16). The van der Waals surface area contributed by atoms with E-state index in [-0.39, 0.29) is 10.8 Å². The Morgan fingerprint density at radius 1 is 1.38 bits per heavy atom. The summed E-state index contributed by atoms with van der Waals surface area (Å²) < 4.78 is 31.0. The molecular formula is C13H18N2O5S. The van der Waals surface area contributed by atoms with Crippen molar-refractivity contribution >= 4 is 21.6 Å². The fraction of sp³-hybridized carbons (Fsp3) is 0.462. The fourth-order valence-corrected chi connectivity index (χ4v) is 3.34. The first-order valence-electron chi connectivity index (χ1n) is 6.56. The smallest absolute Gasteiger partial charge is 0.265 e. The maximum atomic E-state index is 12.5. The van der Waals surface area contributed by atoms with Gasteiger partial charge in [0.25, 0.3) is 10.0 Å². The van der Waals surface area contributed by atoms with Gasteiger partial charge < -0.3 is 10.1 Å². The second-order valence-corrected chi connectivity index (χ2v) is 6.44. The lowest BCUT2D eigenvalue weighted by Gasteiger charge is -2.25. The van der Waals surface area contributed by atoms with Crippen molar-refractivity contribution in [3.05, 3.63) is 18.2 Å². The number of hydroxylamine groups is 1. The molecule has 1 aromatic rings. The van der Waals surface area contributed by atoms with Crippen molar-refractivity contribution in [1.29, 1.82) is 0 Å². The fourth-order valence-electron chi connectivity index (χ4n) is 2.02. The molecule has 0 atom stereocenters. The number of carbonyl (C=O) groups is 1. The summed E-state index contributed by atoms with van der Waals surface area (Å²) in [5.74, 6) is 0.0841. The van der Waals surface area contributed by atoms with Crippen LogP contribution in [-0.2, 0) is 19.7 Å². The highest BCUT2D eigenvalue weighted by molar-refractivity contribution is 7.89. The lowest BCUT2D eigenvalue weighted by atomic mass is 10.3. The summed E-state index contributed by atoms with van der Waals surface area (Å²) in [6.07, 6.45) is 1.60. The van der Waals surface area contributed by atoms with Gasteiger partial charge in [-0.2, -0.15) is 0 Å². The van der Waals surface area contributed by atoms with Crippen molar-refractivity contribution in [3.8, 4) is 5.75 Å². The normalized spacial score (nSPS) is 16.5. The highest BCUT2D eigenvalue weighted by atomic mass is 32.2. The van der Waals surface area contributed by atoms with Crippen molar-refractivity contribution < 1.29 is 22.8 Å². The lowest BCUT2D eigenvalue weighted by Crippen LogP contribution is -2.35. The predicted octanol–water partition coefficient (Wildman–Crippen LogP) is 1.37. The Morgan fingerprint density at radius 2 is 2.14 bits per heavy atom. The lowest BCUT2D eigenvalue weighted by molar-refractivity contribution is -0.114. The quantitative estimate of drug-likeness (QED) is 0.907. The van der Waals surface area contributed by atoms with E-state index in [1.807, 2.05) is 0 Å². The van der Waals surface area contributed by atoms with Crippen molar-refractivity contribution in [1.82, 2.24) is 4.47 Å². The number of benzene rings is 1. The summed E-state index contributed by atoms with van der Waals surface area (Å²) in [5, 5.41) is 2.55. The summed E-state index contributed by atoms with van der Waals surface area (Å²) in [7, 11) is -2.29. The van der Waals surface area contributed by atoms with Crippen molar-refractivity contribution in [3.63, 3.8) is 0 Å². The summed E-state index contributed by atoms with van der Waals surface area (Å²) in [5.41, 5.74) is 0.308. The molecule has 1 amide bonds.